The highest BCUT2D eigenvalue weighted by molar-refractivity contribution is 7.81. The van der Waals surface area contributed by atoms with Crippen LogP contribution >= 0.6 is 12.6 Å². The van der Waals surface area contributed by atoms with Crippen LogP contribution in [-0.4, -0.2) is 74.3 Å². The molecule has 1 aliphatic heterocycles. The van der Waals surface area contributed by atoms with Gasteiger partial charge in [0.2, 0.25) is 0 Å². The lowest BCUT2D eigenvalue weighted by molar-refractivity contribution is 0.297. The maximum Gasteiger partial charge on any atom is 0.114 e. The first kappa shape index (κ1) is 24.7. The van der Waals surface area contributed by atoms with Crippen molar-refractivity contribution in [1.82, 2.24) is 26.2 Å². The van der Waals surface area contributed by atoms with Gasteiger partial charge in [0.05, 0.1) is 13.3 Å². The van der Waals surface area contributed by atoms with Crippen LogP contribution in [0.3, 0.4) is 0 Å². The van der Waals surface area contributed by atoms with Crippen LogP contribution in [0.2, 0.25) is 0 Å². The van der Waals surface area contributed by atoms with Crippen molar-refractivity contribution >= 4 is 24.2 Å². The van der Waals surface area contributed by atoms with Crippen molar-refractivity contribution in [3.63, 3.8) is 0 Å². The van der Waals surface area contributed by atoms with Crippen LogP contribution < -0.4 is 21.3 Å². The standard InChI is InChI=1S/C20H37N7S/c1-7-25-19(6)27-14-23-10-8-21-12-20(18(5)28,17(4)26-16(2)3)13-22-9-11-24-15-27/h1,18,21-24,28H,4,8-15H2,2-3,5-6H3. The SMILES string of the molecule is C#CN=C(C)N1CNCCNCC(C(=C)N=C(C)C)(C(C)S)CNCCNC1. The van der Waals surface area contributed by atoms with Gasteiger partial charge in [0.25, 0.3) is 0 Å². The summed E-state index contributed by atoms with van der Waals surface area (Å²) in [6.07, 6.45) is 5.30. The van der Waals surface area contributed by atoms with Gasteiger partial charge in [-0.15, -0.1) is 0 Å². The van der Waals surface area contributed by atoms with Crippen LogP contribution in [0, 0.1) is 17.9 Å². The molecular formula is C20H37N7S. The van der Waals surface area contributed by atoms with E-state index >= 15 is 0 Å². The van der Waals surface area contributed by atoms with E-state index in [0.717, 1.165) is 56.5 Å². The first-order chi connectivity index (χ1) is 13.3. The monoisotopic (exact) mass is 407 g/mol. The largest absolute Gasteiger partial charge is 0.334 e. The molecule has 8 heteroatoms. The summed E-state index contributed by atoms with van der Waals surface area (Å²) in [6, 6.07) is 2.35. The molecule has 4 N–H and O–H groups in total. The zero-order chi connectivity index (χ0) is 21.0. The van der Waals surface area contributed by atoms with Gasteiger partial charge in [0.1, 0.15) is 5.84 Å². The third-order valence-corrected chi connectivity index (χ3v) is 5.35. The molecule has 1 fully saturated rings. The molecule has 0 aromatic carbocycles. The fraction of sp³-hybridized carbons (Fsp3) is 0.700. The molecule has 1 unspecified atom stereocenters. The Bertz CT molecular complexity index is 572. The highest BCUT2D eigenvalue weighted by Crippen LogP contribution is 2.33. The number of hydrogen-bond donors (Lipinski definition) is 5. The molecule has 0 spiro atoms. The van der Waals surface area contributed by atoms with Gasteiger partial charge < -0.3 is 15.5 Å². The molecule has 0 aromatic heterocycles. The third-order valence-electron chi connectivity index (χ3n) is 4.86. The number of thiol groups is 1. The second-order valence-electron chi connectivity index (χ2n) is 7.34. The molecule has 1 atom stereocenters. The Hall–Kier alpha value is -1.37. The Morgan fingerprint density at radius 2 is 1.57 bits per heavy atom. The summed E-state index contributed by atoms with van der Waals surface area (Å²) in [5.41, 5.74) is 1.62. The summed E-state index contributed by atoms with van der Waals surface area (Å²) in [5.74, 6) is 0.822. The molecule has 0 bridgehead atoms. The van der Waals surface area contributed by atoms with Crippen molar-refractivity contribution < 1.29 is 0 Å². The second-order valence-corrected chi connectivity index (χ2v) is 8.11. The van der Waals surface area contributed by atoms with Gasteiger partial charge in [-0.25, -0.2) is 0 Å². The molecule has 1 rings (SSSR count). The molecule has 0 aromatic rings. The van der Waals surface area contributed by atoms with E-state index in [1.807, 2.05) is 20.8 Å². The van der Waals surface area contributed by atoms with E-state index in [1.165, 1.54) is 0 Å². The first-order valence-electron chi connectivity index (χ1n) is 9.80. The molecule has 0 saturated carbocycles. The van der Waals surface area contributed by atoms with E-state index in [4.69, 9.17) is 19.1 Å². The predicted molar refractivity (Wildman–Crippen MR) is 124 cm³/mol. The highest BCUT2D eigenvalue weighted by atomic mass is 32.1. The molecular weight excluding hydrogens is 370 g/mol. The quantitative estimate of drug-likeness (QED) is 0.208. The molecule has 0 radical (unpaired) electrons. The first-order valence-corrected chi connectivity index (χ1v) is 10.3. The lowest BCUT2D eigenvalue weighted by atomic mass is 9.81. The lowest BCUT2D eigenvalue weighted by Gasteiger charge is -2.38. The van der Waals surface area contributed by atoms with Gasteiger partial charge in [-0.05, 0) is 20.8 Å². The van der Waals surface area contributed by atoms with Gasteiger partial charge in [-0.2, -0.15) is 17.6 Å². The van der Waals surface area contributed by atoms with Crippen molar-refractivity contribution in [3.8, 4) is 12.5 Å². The van der Waals surface area contributed by atoms with E-state index < -0.39 is 0 Å². The number of nitrogens with one attached hydrogen (secondary N) is 4. The van der Waals surface area contributed by atoms with Crippen LogP contribution in [-0.2, 0) is 0 Å². The summed E-state index contributed by atoms with van der Waals surface area (Å²) in [6.45, 7) is 18.5. The highest BCUT2D eigenvalue weighted by Gasteiger charge is 2.37. The molecule has 0 amide bonds. The normalized spacial score (nSPS) is 21.1. The van der Waals surface area contributed by atoms with E-state index in [1.54, 1.807) is 0 Å². The number of nitrogens with zero attached hydrogens (tertiary/aromatic N) is 3. The topological polar surface area (TPSA) is 76.1 Å². The zero-order valence-corrected chi connectivity index (χ0v) is 18.7. The Morgan fingerprint density at radius 3 is 2.00 bits per heavy atom. The third kappa shape index (κ3) is 7.94. The number of hydrogen-bond acceptors (Lipinski definition) is 7. The smallest absolute Gasteiger partial charge is 0.114 e. The molecule has 7 nitrogen and oxygen atoms in total. The van der Waals surface area contributed by atoms with Crippen molar-refractivity contribution in [2.24, 2.45) is 15.4 Å². The van der Waals surface area contributed by atoms with Gasteiger partial charge >= 0.3 is 0 Å². The van der Waals surface area contributed by atoms with E-state index in [0.29, 0.717) is 13.3 Å². The molecule has 1 aliphatic rings. The summed E-state index contributed by atoms with van der Waals surface area (Å²) < 4.78 is 0. The maximum absolute atomic E-state index is 5.30. The molecule has 1 saturated heterocycles. The number of terminal acetylenes is 1. The summed E-state index contributed by atoms with van der Waals surface area (Å²) in [4.78, 5) is 10.8. The van der Waals surface area contributed by atoms with Crippen LogP contribution in [0.25, 0.3) is 0 Å². The fourth-order valence-corrected chi connectivity index (χ4v) is 3.37. The van der Waals surface area contributed by atoms with Gasteiger partial charge in [0.15, 0.2) is 0 Å². The predicted octanol–water partition coefficient (Wildman–Crippen LogP) is 0.884. The summed E-state index contributed by atoms with van der Waals surface area (Å²) in [5, 5.41) is 14.1. The van der Waals surface area contributed by atoms with Crippen LogP contribution in [0.1, 0.15) is 27.7 Å². The molecule has 1 heterocycles. The van der Waals surface area contributed by atoms with Crippen molar-refractivity contribution in [2.75, 3.05) is 52.6 Å². The Kier molecular flexibility index (Phi) is 11.4. The Balaban J connectivity index is 2.84. The average Bonchev–Trinajstić information content (AvgIpc) is 2.62. The van der Waals surface area contributed by atoms with Crippen LogP contribution in [0.15, 0.2) is 22.3 Å². The number of rotatable bonds is 3. The van der Waals surface area contributed by atoms with Crippen LogP contribution in [0.5, 0.6) is 0 Å². The van der Waals surface area contributed by atoms with Gasteiger partial charge in [-0.3, -0.25) is 15.6 Å². The van der Waals surface area contributed by atoms with Crippen LogP contribution in [0.4, 0.5) is 0 Å². The van der Waals surface area contributed by atoms with E-state index in [-0.39, 0.29) is 10.7 Å². The Morgan fingerprint density at radius 1 is 1.07 bits per heavy atom. The molecule has 28 heavy (non-hydrogen) atoms. The summed E-state index contributed by atoms with van der Waals surface area (Å²) in [7, 11) is 0. The van der Waals surface area contributed by atoms with Crippen molar-refractivity contribution in [1.29, 1.82) is 0 Å². The van der Waals surface area contributed by atoms with Gasteiger partial charge in [0, 0.05) is 67.4 Å². The fourth-order valence-electron chi connectivity index (χ4n) is 3.04. The number of aliphatic imine (C=N–C) groups is 2. The average molecular weight is 408 g/mol. The van der Waals surface area contributed by atoms with E-state index in [2.05, 4.69) is 55.7 Å². The zero-order valence-electron chi connectivity index (χ0n) is 17.8. The van der Waals surface area contributed by atoms with E-state index in [9.17, 15) is 0 Å². The molecule has 158 valence electrons. The van der Waals surface area contributed by atoms with Crippen molar-refractivity contribution in [3.05, 3.63) is 12.3 Å². The minimum Gasteiger partial charge on any atom is -0.334 e. The summed E-state index contributed by atoms with van der Waals surface area (Å²) >= 11 is 4.80. The maximum atomic E-state index is 5.30. The Labute approximate surface area is 176 Å². The number of amidine groups is 1. The second kappa shape index (κ2) is 13.0. The lowest BCUT2D eigenvalue weighted by Crippen LogP contribution is -2.52. The minimum atomic E-state index is -0.257. The minimum absolute atomic E-state index is 0.107. The van der Waals surface area contributed by atoms with Gasteiger partial charge in [-0.1, -0.05) is 19.9 Å². The molecule has 0 aliphatic carbocycles. The van der Waals surface area contributed by atoms with Crippen molar-refractivity contribution in [2.45, 2.75) is 32.9 Å².